The Labute approximate surface area is 235 Å². The number of nitriles is 1. The predicted octanol–water partition coefficient (Wildman–Crippen LogP) is 4.96. The number of amides is 1. The largest absolute Gasteiger partial charge is 0.497 e. The van der Waals surface area contributed by atoms with Crippen molar-refractivity contribution in [1.82, 2.24) is 19.9 Å². The van der Waals surface area contributed by atoms with Gasteiger partial charge in [0, 0.05) is 28.3 Å². The number of carbonyl (C=O) groups excluding carboxylic acids is 1. The molecule has 1 amide bonds. The zero-order valence-corrected chi connectivity index (χ0v) is 22.4. The molecule has 2 aromatic carbocycles. The van der Waals surface area contributed by atoms with E-state index in [9.17, 15) is 19.2 Å². The molecule has 1 unspecified atom stereocenters. The molecule has 0 fully saturated rings. The molecule has 0 aliphatic carbocycles. The van der Waals surface area contributed by atoms with Crippen molar-refractivity contribution in [2.24, 2.45) is 5.73 Å². The highest BCUT2D eigenvalue weighted by Crippen LogP contribution is 2.38. The Kier molecular flexibility index (Phi) is 7.68. The smallest absolute Gasteiger partial charge is 0.270 e. The molecule has 1 atom stereocenters. The number of halogens is 1. The van der Waals surface area contributed by atoms with Crippen LogP contribution in [0, 0.1) is 17.3 Å². The third-order valence-corrected chi connectivity index (χ3v) is 7.98. The quantitative estimate of drug-likeness (QED) is 0.151. The van der Waals surface area contributed by atoms with Crippen molar-refractivity contribution in [3.8, 4) is 45.5 Å². The number of benzene rings is 2. The number of nitrogens with one attached hydrogen (secondary N) is 1. The van der Waals surface area contributed by atoms with Crippen molar-refractivity contribution >= 4 is 29.0 Å². The number of aromatic amines is 1. The molecule has 5 rings (SSSR count). The number of carbonyl (C=O) groups is 1. The van der Waals surface area contributed by atoms with E-state index in [1.54, 1.807) is 60.0 Å². The monoisotopic (exact) mass is 570 g/mol. The summed E-state index contributed by atoms with van der Waals surface area (Å²) in [5.41, 5.74) is 7.82. The van der Waals surface area contributed by atoms with Crippen LogP contribution >= 0.6 is 23.1 Å². The van der Waals surface area contributed by atoms with Crippen LogP contribution in [0.2, 0.25) is 0 Å². The third-order valence-electron chi connectivity index (χ3n) is 5.82. The molecule has 0 saturated carbocycles. The van der Waals surface area contributed by atoms with Crippen molar-refractivity contribution in [3.05, 3.63) is 99.1 Å². The molecule has 9 nitrogen and oxygen atoms in total. The van der Waals surface area contributed by atoms with Gasteiger partial charge in [0.2, 0.25) is 11.9 Å². The molecule has 12 heteroatoms. The molecular weight excluding hydrogens is 551 g/mol. The first kappa shape index (κ1) is 26.7. The summed E-state index contributed by atoms with van der Waals surface area (Å²) in [4.78, 5) is 40.6. The van der Waals surface area contributed by atoms with Gasteiger partial charge < -0.3 is 15.5 Å². The van der Waals surface area contributed by atoms with E-state index in [0.29, 0.717) is 38.7 Å². The van der Waals surface area contributed by atoms with Crippen LogP contribution in [-0.2, 0) is 4.79 Å². The van der Waals surface area contributed by atoms with E-state index >= 15 is 0 Å². The van der Waals surface area contributed by atoms with E-state index in [2.05, 4.69) is 19.9 Å². The van der Waals surface area contributed by atoms with Gasteiger partial charge >= 0.3 is 0 Å². The highest BCUT2D eigenvalue weighted by atomic mass is 32.2. The van der Waals surface area contributed by atoms with Crippen LogP contribution in [0.4, 0.5) is 4.39 Å². The first-order valence-electron chi connectivity index (χ1n) is 11.7. The van der Waals surface area contributed by atoms with Gasteiger partial charge in [0.15, 0.2) is 5.16 Å². The van der Waals surface area contributed by atoms with E-state index in [0.717, 1.165) is 11.8 Å². The van der Waals surface area contributed by atoms with E-state index < -0.39 is 22.7 Å². The number of hydrogen-bond acceptors (Lipinski definition) is 9. The van der Waals surface area contributed by atoms with Gasteiger partial charge in [-0.1, -0.05) is 42.1 Å². The lowest BCUT2D eigenvalue weighted by molar-refractivity contribution is -0.117. The summed E-state index contributed by atoms with van der Waals surface area (Å²) in [6.45, 7) is 0. The molecule has 3 aromatic heterocycles. The van der Waals surface area contributed by atoms with Gasteiger partial charge in [-0.15, -0.1) is 11.3 Å². The first-order valence-corrected chi connectivity index (χ1v) is 13.5. The average molecular weight is 571 g/mol. The molecule has 3 N–H and O–H groups in total. The number of ether oxygens (including phenoxy) is 1. The SMILES string of the molecule is COc1cccc(-c2nc(SC(C(N)=O)c3nc(-c4cccc(-c5cccnc5F)c4)cs3)[nH]c(=O)c2C#N)c1. The first-order chi connectivity index (χ1) is 19.4. The maximum Gasteiger partial charge on any atom is 0.270 e. The van der Waals surface area contributed by atoms with Crippen LogP contribution in [0.3, 0.4) is 0 Å². The fourth-order valence-corrected chi connectivity index (χ4v) is 5.83. The second-order valence-corrected chi connectivity index (χ2v) is 10.3. The van der Waals surface area contributed by atoms with Crippen molar-refractivity contribution in [2.45, 2.75) is 10.4 Å². The molecule has 0 radical (unpaired) electrons. The van der Waals surface area contributed by atoms with Gasteiger partial charge in [-0.2, -0.15) is 9.65 Å². The van der Waals surface area contributed by atoms with Gasteiger partial charge in [-0.25, -0.2) is 15.0 Å². The van der Waals surface area contributed by atoms with Gasteiger partial charge in [0.1, 0.15) is 27.6 Å². The van der Waals surface area contributed by atoms with Crippen LogP contribution in [0.5, 0.6) is 5.75 Å². The number of H-pyrrole nitrogens is 1. The molecule has 40 heavy (non-hydrogen) atoms. The molecule has 0 spiro atoms. The third kappa shape index (κ3) is 5.47. The highest BCUT2D eigenvalue weighted by Gasteiger charge is 2.26. The zero-order chi connectivity index (χ0) is 28.2. The molecule has 5 aromatic rings. The lowest BCUT2D eigenvalue weighted by atomic mass is 10.0. The average Bonchev–Trinajstić information content (AvgIpc) is 3.46. The fourth-order valence-electron chi connectivity index (χ4n) is 3.92. The van der Waals surface area contributed by atoms with Gasteiger partial charge in [-0.3, -0.25) is 9.59 Å². The van der Waals surface area contributed by atoms with E-state index in [-0.39, 0.29) is 16.4 Å². The number of aromatic nitrogens is 4. The van der Waals surface area contributed by atoms with E-state index in [1.165, 1.54) is 24.6 Å². The molecule has 0 saturated heterocycles. The van der Waals surface area contributed by atoms with Crippen LogP contribution < -0.4 is 16.0 Å². The molecule has 198 valence electrons. The minimum atomic E-state index is -0.980. The molecule has 3 heterocycles. The second kappa shape index (κ2) is 11.5. The van der Waals surface area contributed by atoms with Gasteiger partial charge in [-0.05, 0) is 35.9 Å². The summed E-state index contributed by atoms with van der Waals surface area (Å²) < 4.78 is 19.5. The number of nitrogens with zero attached hydrogens (tertiary/aromatic N) is 4. The van der Waals surface area contributed by atoms with Gasteiger partial charge in [0.25, 0.3) is 5.56 Å². The lowest BCUT2D eigenvalue weighted by Crippen LogP contribution is -2.21. The number of rotatable bonds is 8. The Morgan fingerprint density at radius 1 is 1.12 bits per heavy atom. The number of primary amides is 1. The molecule has 0 aliphatic heterocycles. The van der Waals surface area contributed by atoms with Crippen LogP contribution in [0.25, 0.3) is 33.6 Å². The minimum Gasteiger partial charge on any atom is -0.497 e. The van der Waals surface area contributed by atoms with Crippen LogP contribution in [0.1, 0.15) is 15.8 Å². The predicted molar refractivity (Wildman–Crippen MR) is 150 cm³/mol. The normalized spacial score (nSPS) is 11.5. The summed E-state index contributed by atoms with van der Waals surface area (Å²) in [5.74, 6) is -0.744. The highest BCUT2D eigenvalue weighted by molar-refractivity contribution is 8.00. The van der Waals surface area contributed by atoms with Crippen molar-refractivity contribution in [2.75, 3.05) is 7.11 Å². The number of hydrogen-bond donors (Lipinski definition) is 2. The number of methoxy groups -OCH3 is 1. The maximum atomic E-state index is 14.2. The summed E-state index contributed by atoms with van der Waals surface area (Å²) in [6.07, 6.45) is 1.38. The Morgan fingerprint density at radius 3 is 2.65 bits per heavy atom. The molecule has 0 bridgehead atoms. The van der Waals surface area contributed by atoms with E-state index in [4.69, 9.17) is 10.5 Å². The maximum absolute atomic E-state index is 14.2. The van der Waals surface area contributed by atoms with Crippen molar-refractivity contribution < 1.29 is 13.9 Å². The standard InChI is InChI=1S/C28H19FN6O3S2/c1-38-18-8-3-7-17(12-18)22-20(13-30)26(37)35-28(34-22)40-23(25(31)36)27-33-21(14-39-27)16-6-2-5-15(11-16)19-9-4-10-32-24(19)29/h2-12,14,23H,1H3,(H2,31,36)(H,34,35,37). The molecule has 0 aliphatic rings. The number of thiazole rings is 1. The Morgan fingerprint density at radius 2 is 1.90 bits per heavy atom. The summed E-state index contributed by atoms with van der Waals surface area (Å²) in [5, 5.41) is 10.9. The van der Waals surface area contributed by atoms with Crippen molar-refractivity contribution in [1.29, 1.82) is 5.26 Å². The Hall–Kier alpha value is -4.86. The fraction of sp³-hybridized carbons (Fsp3) is 0.0714. The lowest BCUT2D eigenvalue weighted by Gasteiger charge is -2.11. The second-order valence-electron chi connectivity index (χ2n) is 8.33. The summed E-state index contributed by atoms with van der Waals surface area (Å²) in [6, 6.07) is 19.1. The minimum absolute atomic E-state index is 0.0939. The molecular formula is C28H19FN6O3S2. The number of pyridine rings is 1. The van der Waals surface area contributed by atoms with Crippen molar-refractivity contribution in [3.63, 3.8) is 0 Å². The summed E-state index contributed by atoms with van der Waals surface area (Å²) >= 11 is 2.14. The Bertz CT molecular complexity index is 1830. The summed E-state index contributed by atoms with van der Waals surface area (Å²) in [7, 11) is 1.50. The topological polar surface area (TPSA) is 148 Å². The number of thioether (sulfide) groups is 1. The number of nitrogens with two attached hydrogens (primary N) is 1. The van der Waals surface area contributed by atoms with E-state index in [1.807, 2.05) is 12.1 Å². The Balaban J connectivity index is 1.48. The van der Waals surface area contributed by atoms with Crippen LogP contribution in [0.15, 0.2) is 82.2 Å². The van der Waals surface area contributed by atoms with Gasteiger partial charge in [0.05, 0.1) is 18.5 Å². The zero-order valence-electron chi connectivity index (χ0n) is 20.8. The van der Waals surface area contributed by atoms with Crippen LogP contribution in [-0.4, -0.2) is 33.0 Å².